The Morgan fingerprint density at radius 3 is 2.29 bits per heavy atom. The third-order valence-electron chi connectivity index (χ3n) is 1.80. The summed E-state index contributed by atoms with van der Waals surface area (Å²) in [5.41, 5.74) is 0. The van der Waals surface area contributed by atoms with Crippen molar-refractivity contribution in [1.82, 2.24) is 5.32 Å². The number of hydrogen-bond acceptors (Lipinski definition) is 5. The summed E-state index contributed by atoms with van der Waals surface area (Å²) in [5.74, 6) is -1.62. The van der Waals surface area contributed by atoms with Gasteiger partial charge in [-0.1, -0.05) is 11.8 Å². The number of carboxylic acids is 1. The lowest BCUT2D eigenvalue weighted by atomic mass is 10.2. The molecule has 0 aromatic carbocycles. The van der Waals surface area contributed by atoms with Crippen molar-refractivity contribution < 1.29 is 24.6 Å². The predicted octanol–water partition coefficient (Wildman–Crippen LogP) is -0.00350. The summed E-state index contributed by atoms with van der Waals surface area (Å²) in [4.78, 5) is 32.5. The number of carbonyl (C=O) groups excluding carboxylic acids is 2. The summed E-state index contributed by atoms with van der Waals surface area (Å²) in [7, 11) is 0. The smallest absolute Gasteiger partial charge is 0.333 e. The van der Waals surface area contributed by atoms with Crippen LogP contribution in [0.5, 0.6) is 0 Å². The van der Waals surface area contributed by atoms with E-state index < -0.39 is 28.4 Å². The second-order valence-electron chi connectivity index (χ2n) is 4.20. The molecule has 0 aliphatic carbocycles. The number of rotatable bonds is 6. The van der Waals surface area contributed by atoms with Crippen molar-refractivity contribution in [3.63, 3.8) is 0 Å². The number of aliphatic hydroxyl groups is 1. The van der Waals surface area contributed by atoms with Gasteiger partial charge in [0, 0.05) is 18.2 Å². The van der Waals surface area contributed by atoms with Gasteiger partial charge in [-0.25, -0.2) is 4.79 Å². The highest BCUT2D eigenvalue weighted by molar-refractivity contribution is 8.14. The van der Waals surface area contributed by atoms with Gasteiger partial charge in [-0.05, 0) is 13.8 Å². The number of carboxylic acid groups (broad SMARTS) is 1. The van der Waals surface area contributed by atoms with Gasteiger partial charge in [-0.3, -0.25) is 9.59 Å². The molecule has 0 bridgehead atoms. The van der Waals surface area contributed by atoms with Gasteiger partial charge >= 0.3 is 5.97 Å². The molecule has 0 saturated heterocycles. The molecule has 0 fully saturated rings. The maximum absolute atomic E-state index is 11.4. The topological polar surface area (TPSA) is 104 Å². The van der Waals surface area contributed by atoms with Crippen LogP contribution in [0.25, 0.3) is 0 Å². The number of thioether (sulfide) groups is 1. The normalized spacial score (nSPS) is 12.9. The standard InChI is InChI=1S/C10H17NO5S/c1-6(12)11-5-10(2,3)17-8(14)4-7(13)9(15)16/h7,13H,4-5H2,1-3H3,(H,11,12)(H,15,16). The van der Waals surface area contributed by atoms with Gasteiger partial charge in [-0.15, -0.1) is 0 Å². The van der Waals surface area contributed by atoms with Gasteiger partial charge < -0.3 is 15.5 Å². The van der Waals surface area contributed by atoms with Crippen LogP contribution in [0.3, 0.4) is 0 Å². The van der Waals surface area contributed by atoms with Gasteiger partial charge in [0.05, 0.1) is 6.42 Å². The molecule has 3 N–H and O–H groups in total. The number of hydrogen-bond donors (Lipinski definition) is 3. The zero-order chi connectivity index (χ0) is 13.6. The SMILES string of the molecule is CC(=O)NCC(C)(C)SC(=O)CC(O)C(=O)O. The number of carbonyl (C=O) groups is 3. The fourth-order valence-electron chi connectivity index (χ4n) is 0.968. The maximum Gasteiger partial charge on any atom is 0.333 e. The fraction of sp³-hybridized carbons (Fsp3) is 0.700. The molecule has 0 aliphatic rings. The van der Waals surface area contributed by atoms with Crippen LogP contribution in [-0.4, -0.2) is 44.6 Å². The molecule has 98 valence electrons. The van der Waals surface area contributed by atoms with Gasteiger partial charge in [0.1, 0.15) is 0 Å². The number of aliphatic carboxylic acids is 1. The zero-order valence-corrected chi connectivity index (χ0v) is 10.8. The van der Waals surface area contributed by atoms with Crippen LogP contribution in [0.15, 0.2) is 0 Å². The van der Waals surface area contributed by atoms with Crippen molar-refractivity contribution in [3.05, 3.63) is 0 Å². The number of amides is 1. The second-order valence-corrected chi connectivity index (χ2v) is 5.97. The molecule has 17 heavy (non-hydrogen) atoms. The molecule has 7 heteroatoms. The third-order valence-corrected chi connectivity index (χ3v) is 2.89. The highest BCUT2D eigenvalue weighted by atomic mass is 32.2. The molecular weight excluding hydrogens is 246 g/mol. The third kappa shape index (κ3) is 7.76. The largest absolute Gasteiger partial charge is 0.479 e. The molecule has 0 saturated carbocycles. The molecule has 0 spiro atoms. The van der Waals surface area contributed by atoms with Crippen molar-refractivity contribution >= 4 is 28.8 Å². The monoisotopic (exact) mass is 263 g/mol. The van der Waals surface area contributed by atoms with E-state index in [9.17, 15) is 14.4 Å². The van der Waals surface area contributed by atoms with E-state index in [4.69, 9.17) is 10.2 Å². The van der Waals surface area contributed by atoms with Crippen molar-refractivity contribution in [1.29, 1.82) is 0 Å². The van der Waals surface area contributed by atoms with E-state index in [0.717, 1.165) is 11.8 Å². The minimum absolute atomic E-state index is 0.198. The fourth-order valence-corrected chi connectivity index (χ4v) is 1.97. The second kappa shape index (κ2) is 6.61. The van der Waals surface area contributed by atoms with E-state index in [2.05, 4.69) is 5.32 Å². The van der Waals surface area contributed by atoms with Crippen LogP contribution < -0.4 is 5.32 Å². The minimum Gasteiger partial charge on any atom is -0.479 e. The Balaban J connectivity index is 4.17. The van der Waals surface area contributed by atoms with E-state index in [1.54, 1.807) is 13.8 Å². The molecule has 0 rings (SSSR count). The molecule has 0 radical (unpaired) electrons. The Morgan fingerprint density at radius 2 is 1.88 bits per heavy atom. The predicted molar refractivity (Wildman–Crippen MR) is 63.6 cm³/mol. The lowest BCUT2D eigenvalue weighted by Crippen LogP contribution is -2.36. The Morgan fingerprint density at radius 1 is 1.35 bits per heavy atom. The number of nitrogens with one attached hydrogen (secondary N) is 1. The first-order valence-corrected chi connectivity index (χ1v) is 5.83. The van der Waals surface area contributed by atoms with Gasteiger partial charge in [-0.2, -0.15) is 0 Å². The van der Waals surface area contributed by atoms with Crippen molar-refractivity contribution in [2.75, 3.05) is 6.54 Å². The zero-order valence-electron chi connectivity index (χ0n) is 10.0. The highest BCUT2D eigenvalue weighted by Gasteiger charge is 2.26. The van der Waals surface area contributed by atoms with Crippen LogP contribution in [0.2, 0.25) is 0 Å². The van der Waals surface area contributed by atoms with E-state index in [1.165, 1.54) is 6.92 Å². The van der Waals surface area contributed by atoms with Crippen LogP contribution in [0.4, 0.5) is 0 Å². The molecule has 0 aromatic rings. The highest BCUT2D eigenvalue weighted by Crippen LogP contribution is 2.25. The first kappa shape index (κ1) is 15.9. The summed E-state index contributed by atoms with van der Waals surface area (Å²) >= 11 is 0.913. The summed E-state index contributed by atoms with van der Waals surface area (Å²) in [6.45, 7) is 5.16. The average Bonchev–Trinajstić information content (AvgIpc) is 2.13. The minimum atomic E-state index is -1.67. The lowest BCUT2D eigenvalue weighted by molar-refractivity contribution is -0.148. The Bertz CT molecular complexity index is 316. The van der Waals surface area contributed by atoms with Gasteiger partial charge in [0.15, 0.2) is 11.2 Å². The van der Waals surface area contributed by atoms with Gasteiger partial charge in [0.2, 0.25) is 5.91 Å². The summed E-state index contributed by atoms with van der Waals surface area (Å²) in [5, 5.41) is 19.6. The number of aliphatic hydroxyl groups excluding tert-OH is 1. The van der Waals surface area contributed by atoms with Crippen LogP contribution in [-0.2, 0) is 14.4 Å². The summed E-state index contributed by atoms with van der Waals surface area (Å²) < 4.78 is -0.541. The van der Waals surface area contributed by atoms with Crippen LogP contribution in [0, 0.1) is 0 Å². The molecule has 1 amide bonds. The quantitative estimate of drug-likeness (QED) is 0.623. The summed E-state index contributed by atoms with van der Waals surface area (Å²) in [6, 6.07) is 0. The van der Waals surface area contributed by atoms with Crippen molar-refractivity contribution in [2.24, 2.45) is 0 Å². The lowest BCUT2D eigenvalue weighted by Gasteiger charge is -2.23. The van der Waals surface area contributed by atoms with Crippen molar-refractivity contribution in [3.8, 4) is 0 Å². The molecule has 0 aliphatic heterocycles. The first-order valence-electron chi connectivity index (χ1n) is 5.01. The molecular formula is C10H17NO5S. The average molecular weight is 263 g/mol. The van der Waals surface area contributed by atoms with E-state index in [-0.39, 0.29) is 5.91 Å². The molecule has 0 heterocycles. The van der Waals surface area contributed by atoms with E-state index in [1.807, 2.05) is 0 Å². The van der Waals surface area contributed by atoms with Crippen LogP contribution >= 0.6 is 11.8 Å². The molecule has 1 atom stereocenters. The Hall–Kier alpha value is -1.08. The Kier molecular flexibility index (Phi) is 6.19. The van der Waals surface area contributed by atoms with Crippen LogP contribution in [0.1, 0.15) is 27.2 Å². The Labute approximate surface area is 104 Å². The first-order chi connectivity index (χ1) is 7.64. The van der Waals surface area contributed by atoms with Crippen molar-refractivity contribution in [2.45, 2.75) is 38.0 Å². The molecule has 0 aromatic heterocycles. The molecule has 6 nitrogen and oxygen atoms in total. The van der Waals surface area contributed by atoms with Gasteiger partial charge in [0.25, 0.3) is 0 Å². The summed E-state index contributed by atoms with van der Waals surface area (Å²) in [6.07, 6.45) is -2.12. The molecule has 1 unspecified atom stereocenters. The van der Waals surface area contributed by atoms with E-state index in [0.29, 0.717) is 6.54 Å². The maximum atomic E-state index is 11.4. The van der Waals surface area contributed by atoms with E-state index >= 15 is 0 Å².